The summed E-state index contributed by atoms with van der Waals surface area (Å²) in [7, 11) is 1.57. The number of ether oxygens (including phenoxy) is 1. The summed E-state index contributed by atoms with van der Waals surface area (Å²) in [6.45, 7) is 3.85. The average molecular weight is 265 g/mol. The summed E-state index contributed by atoms with van der Waals surface area (Å²) in [4.78, 5) is 12.7. The SMILES string of the molecule is CCCNc1nc(NCCC2CCC2)nc(OC)n1. The van der Waals surface area contributed by atoms with E-state index in [2.05, 4.69) is 32.5 Å². The zero-order valence-corrected chi connectivity index (χ0v) is 11.8. The molecule has 19 heavy (non-hydrogen) atoms. The second-order valence-corrected chi connectivity index (χ2v) is 4.91. The van der Waals surface area contributed by atoms with Crippen molar-refractivity contribution in [3.05, 3.63) is 0 Å². The fourth-order valence-corrected chi connectivity index (χ4v) is 2.01. The molecule has 6 nitrogen and oxygen atoms in total. The van der Waals surface area contributed by atoms with Crippen molar-refractivity contribution in [2.24, 2.45) is 5.92 Å². The van der Waals surface area contributed by atoms with Gasteiger partial charge in [0.2, 0.25) is 11.9 Å². The van der Waals surface area contributed by atoms with E-state index in [9.17, 15) is 0 Å². The Hall–Kier alpha value is -1.59. The van der Waals surface area contributed by atoms with Gasteiger partial charge in [0.05, 0.1) is 7.11 Å². The molecule has 0 amide bonds. The number of rotatable bonds is 8. The fraction of sp³-hybridized carbons (Fsp3) is 0.769. The third kappa shape index (κ3) is 4.22. The van der Waals surface area contributed by atoms with Gasteiger partial charge in [0.15, 0.2) is 0 Å². The van der Waals surface area contributed by atoms with Crippen LogP contribution in [0.3, 0.4) is 0 Å². The molecule has 0 aromatic carbocycles. The Labute approximate surface area is 114 Å². The van der Waals surface area contributed by atoms with Gasteiger partial charge in [-0.3, -0.25) is 0 Å². The van der Waals surface area contributed by atoms with Crippen LogP contribution < -0.4 is 15.4 Å². The summed E-state index contributed by atoms with van der Waals surface area (Å²) >= 11 is 0. The Balaban J connectivity index is 1.89. The van der Waals surface area contributed by atoms with E-state index in [1.807, 2.05) is 0 Å². The molecule has 0 atom stereocenters. The van der Waals surface area contributed by atoms with Gasteiger partial charge < -0.3 is 15.4 Å². The second kappa shape index (κ2) is 7.11. The van der Waals surface area contributed by atoms with Crippen molar-refractivity contribution in [1.82, 2.24) is 15.0 Å². The summed E-state index contributed by atoms with van der Waals surface area (Å²) in [6, 6.07) is 0.347. The van der Waals surface area contributed by atoms with Crippen LogP contribution >= 0.6 is 0 Å². The van der Waals surface area contributed by atoms with Crippen LogP contribution in [0.15, 0.2) is 0 Å². The minimum atomic E-state index is 0.347. The smallest absolute Gasteiger partial charge is 0.322 e. The lowest BCUT2D eigenvalue weighted by Crippen LogP contribution is -2.17. The Morgan fingerprint density at radius 2 is 1.79 bits per heavy atom. The van der Waals surface area contributed by atoms with E-state index in [4.69, 9.17) is 4.74 Å². The number of methoxy groups -OCH3 is 1. The monoisotopic (exact) mass is 265 g/mol. The third-order valence-corrected chi connectivity index (χ3v) is 3.39. The van der Waals surface area contributed by atoms with Crippen LogP contribution in [-0.2, 0) is 0 Å². The van der Waals surface area contributed by atoms with Crippen molar-refractivity contribution in [2.45, 2.75) is 39.0 Å². The number of anilines is 2. The maximum atomic E-state index is 5.09. The van der Waals surface area contributed by atoms with Gasteiger partial charge in [-0.2, -0.15) is 15.0 Å². The molecule has 1 saturated carbocycles. The standard InChI is InChI=1S/C13H23N5O/c1-3-8-14-11-16-12(18-13(17-11)19-2)15-9-7-10-5-4-6-10/h10H,3-9H2,1-2H3,(H2,14,15,16,17,18). The number of nitrogens with zero attached hydrogens (tertiary/aromatic N) is 3. The quantitative estimate of drug-likeness (QED) is 0.751. The molecule has 2 N–H and O–H groups in total. The minimum Gasteiger partial charge on any atom is -0.467 e. The van der Waals surface area contributed by atoms with Gasteiger partial charge in [0.25, 0.3) is 0 Å². The first-order valence-corrected chi connectivity index (χ1v) is 7.09. The topological polar surface area (TPSA) is 72.0 Å². The molecule has 1 aromatic rings. The zero-order chi connectivity index (χ0) is 13.5. The molecular weight excluding hydrogens is 242 g/mol. The second-order valence-electron chi connectivity index (χ2n) is 4.91. The average Bonchev–Trinajstić information content (AvgIpc) is 2.39. The summed E-state index contributed by atoms with van der Waals surface area (Å²) in [6.07, 6.45) is 6.33. The van der Waals surface area contributed by atoms with Crippen molar-refractivity contribution in [2.75, 3.05) is 30.8 Å². The van der Waals surface area contributed by atoms with Crippen LogP contribution in [0.2, 0.25) is 0 Å². The molecule has 2 rings (SSSR count). The maximum Gasteiger partial charge on any atom is 0.322 e. The van der Waals surface area contributed by atoms with Gasteiger partial charge in [0, 0.05) is 13.1 Å². The van der Waals surface area contributed by atoms with Gasteiger partial charge in [-0.1, -0.05) is 26.2 Å². The Morgan fingerprint density at radius 1 is 1.11 bits per heavy atom. The van der Waals surface area contributed by atoms with Gasteiger partial charge in [0.1, 0.15) is 0 Å². The third-order valence-electron chi connectivity index (χ3n) is 3.39. The predicted molar refractivity (Wildman–Crippen MR) is 75.6 cm³/mol. The van der Waals surface area contributed by atoms with Gasteiger partial charge in [-0.25, -0.2) is 0 Å². The van der Waals surface area contributed by atoms with Crippen molar-refractivity contribution >= 4 is 11.9 Å². The first kappa shape index (κ1) is 13.8. The number of nitrogens with one attached hydrogen (secondary N) is 2. The predicted octanol–water partition coefficient (Wildman–Crippen LogP) is 2.30. The van der Waals surface area contributed by atoms with Crippen LogP contribution in [-0.4, -0.2) is 35.2 Å². The largest absolute Gasteiger partial charge is 0.467 e. The van der Waals surface area contributed by atoms with E-state index in [0.29, 0.717) is 17.9 Å². The molecule has 1 aromatic heterocycles. The van der Waals surface area contributed by atoms with Crippen molar-refractivity contribution in [3.63, 3.8) is 0 Å². The Morgan fingerprint density at radius 3 is 2.32 bits per heavy atom. The number of hydrogen-bond donors (Lipinski definition) is 2. The molecule has 0 saturated heterocycles. The molecule has 1 aliphatic rings. The Kier molecular flexibility index (Phi) is 5.18. The van der Waals surface area contributed by atoms with Crippen LogP contribution in [0.25, 0.3) is 0 Å². The van der Waals surface area contributed by atoms with Crippen LogP contribution in [0.1, 0.15) is 39.0 Å². The fourth-order valence-electron chi connectivity index (χ4n) is 2.01. The normalized spacial score (nSPS) is 14.8. The molecule has 0 unspecified atom stereocenters. The molecule has 1 fully saturated rings. The molecule has 0 spiro atoms. The molecule has 0 aliphatic heterocycles. The van der Waals surface area contributed by atoms with Crippen LogP contribution in [0.5, 0.6) is 6.01 Å². The van der Waals surface area contributed by atoms with E-state index in [0.717, 1.165) is 25.4 Å². The highest BCUT2D eigenvalue weighted by Crippen LogP contribution is 2.29. The summed E-state index contributed by atoms with van der Waals surface area (Å²) in [5, 5.41) is 6.40. The first-order chi connectivity index (χ1) is 9.31. The lowest BCUT2D eigenvalue weighted by molar-refractivity contribution is 0.302. The van der Waals surface area contributed by atoms with Crippen molar-refractivity contribution < 1.29 is 4.74 Å². The highest BCUT2D eigenvalue weighted by atomic mass is 16.5. The Bertz CT molecular complexity index is 395. The molecule has 0 radical (unpaired) electrons. The molecule has 1 heterocycles. The molecule has 1 aliphatic carbocycles. The molecule has 6 heteroatoms. The molecule has 106 valence electrons. The highest BCUT2D eigenvalue weighted by Gasteiger charge is 2.16. The number of aromatic nitrogens is 3. The van der Waals surface area contributed by atoms with E-state index < -0.39 is 0 Å². The lowest BCUT2D eigenvalue weighted by Gasteiger charge is -2.25. The van der Waals surface area contributed by atoms with E-state index in [1.54, 1.807) is 7.11 Å². The molecule has 0 bridgehead atoms. The summed E-state index contributed by atoms with van der Waals surface area (Å²) in [5.41, 5.74) is 0. The van der Waals surface area contributed by atoms with E-state index in [1.165, 1.54) is 25.7 Å². The minimum absolute atomic E-state index is 0.347. The highest BCUT2D eigenvalue weighted by molar-refractivity contribution is 5.35. The number of hydrogen-bond acceptors (Lipinski definition) is 6. The van der Waals surface area contributed by atoms with E-state index >= 15 is 0 Å². The van der Waals surface area contributed by atoms with Crippen molar-refractivity contribution in [3.8, 4) is 6.01 Å². The lowest BCUT2D eigenvalue weighted by atomic mass is 9.83. The zero-order valence-electron chi connectivity index (χ0n) is 11.8. The summed E-state index contributed by atoms with van der Waals surface area (Å²) < 4.78 is 5.09. The maximum absolute atomic E-state index is 5.09. The van der Waals surface area contributed by atoms with Gasteiger partial charge >= 0.3 is 6.01 Å². The first-order valence-electron chi connectivity index (χ1n) is 7.09. The van der Waals surface area contributed by atoms with Gasteiger partial charge in [-0.05, 0) is 18.8 Å². The van der Waals surface area contributed by atoms with Crippen LogP contribution in [0.4, 0.5) is 11.9 Å². The van der Waals surface area contributed by atoms with E-state index in [-0.39, 0.29) is 0 Å². The molecular formula is C13H23N5O. The van der Waals surface area contributed by atoms with Gasteiger partial charge in [-0.15, -0.1) is 0 Å². The van der Waals surface area contributed by atoms with Crippen LogP contribution in [0, 0.1) is 5.92 Å². The van der Waals surface area contributed by atoms with Crippen molar-refractivity contribution in [1.29, 1.82) is 0 Å². The summed E-state index contributed by atoms with van der Waals surface area (Å²) in [5.74, 6) is 2.04.